The Labute approximate surface area is 200 Å². The van der Waals surface area contributed by atoms with Crippen LogP contribution in [0, 0.1) is 18.3 Å². The molecule has 176 valence electrons. The smallest absolute Gasteiger partial charge is 0.257 e. The summed E-state index contributed by atoms with van der Waals surface area (Å²) in [4.78, 5) is 22.0. The Morgan fingerprint density at radius 1 is 1.24 bits per heavy atom. The molecule has 1 aliphatic rings. The van der Waals surface area contributed by atoms with Crippen molar-refractivity contribution in [1.29, 1.82) is 5.26 Å². The zero-order valence-corrected chi connectivity index (χ0v) is 20.3. The molecule has 0 N–H and O–H groups in total. The van der Waals surface area contributed by atoms with Gasteiger partial charge in [-0.15, -0.1) is 0 Å². The van der Waals surface area contributed by atoms with Crippen molar-refractivity contribution < 1.29 is 13.9 Å². The van der Waals surface area contributed by atoms with Crippen molar-refractivity contribution in [3.05, 3.63) is 65.2 Å². The largest absolute Gasteiger partial charge is 0.496 e. The average molecular weight is 459 g/mol. The number of nitriles is 1. The number of aryl methyl sites for hydroxylation is 1. The van der Waals surface area contributed by atoms with Gasteiger partial charge in [-0.2, -0.15) is 5.26 Å². The van der Waals surface area contributed by atoms with Gasteiger partial charge in [0.25, 0.3) is 5.91 Å². The third-order valence-corrected chi connectivity index (χ3v) is 6.37. The standard InChI is InChI=1S/C27H30N4O3/c1-17(2)25-23(22-8-6-7-9-24(22)33-5)14-20(15-28)26(29-25)30-11-12-31(18(3)16-30)27(32)21-10-13-34-19(21)4/h6-10,13-14,17-18H,11-12,16H2,1-5H3/t18-/m1/s1. The summed E-state index contributed by atoms with van der Waals surface area (Å²) in [5, 5.41) is 10.0. The van der Waals surface area contributed by atoms with Gasteiger partial charge in [-0.05, 0) is 38.0 Å². The van der Waals surface area contributed by atoms with Crippen LogP contribution < -0.4 is 9.64 Å². The molecule has 7 heteroatoms. The predicted octanol–water partition coefficient (Wildman–Crippen LogP) is 5.00. The zero-order valence-electron chi connectivity index (χ0n) is 20.3. The summed E-state index contributed by atoms with van der Waals surface area (Å²) >= 11 is 0. The van der Waals surface area contributed by atoms with E-state index in [2.05, 4.69) is 24.8 Å². The minimum atomic E-state index is -0.0414. The minimum absolute atomic E-state index is 0.0266. The van der Waals surface area contributed by atoms with Crippen molar-refractivity contribution in [2.24, 2.45) is 0 Å². The van der Waals surface area contributed by atoms with Crippen molar-refractivity contribution in [1.82, 2.24) is 9.88 Å². The van der Waals surface area contributed by atoms with Gasteiger partial charge < -0.3 is 19.0 Å². The fourth-order valence-electron chi connectivity index (χ4n) is 4.58. The number of piperazine rings is 1. The summed E-state index contributed by atoms with van der Waals surface area (Å²) < 4.78 is 10.9. The Morgan fingerprint density at radius 2 is 2.00 bits per heavy atom. The van der Waals surface area contributed by atoms with Crippen molar-refractivity contribution in [2.75, 3.05) is 31.6 Å². The lowest BCUT2D eigenvalue weighted by Gasteiger charge is -2.40. The van der Waals surface area contributed by atoms with Crippen LogP contribution in [0.4, 0.5) is 5.82 Å². The molecule has 0 bridgehead atoms. The van der Waals surface area contributed by atoms with Crippen LogP contribution in [0.3, 0.4) is 0 Å². The van der Waals surface area contributed by atoms with E-state index in [9.17, 15) is 10.1 Å². The monoisotopic (exact) mass is 458 g/mol. The Morgan fingerprint density at radius 3 is 2.62 bits per heavy atom. The predicted molar refractivity (Wildman–Crippen MR) is 131 cm³/mol. The number of benzene rings is 1. The molecule has 0 saturated carbocycles. The molecule has 0 unspecified atom stereocenters. The van der Waals surface area contributed by atoms with Crippen LogP contribution in [0.1, 0.15) is 54.1 Å². The van der Waals surface area contributed by atoms with E-state index >= 15 is 0 Å². The number of methoxy groups -OCH3 is 1. The van der Waals surface area contributed by atoms with Crippen LogP contribution in [0.15, 0.2) is 47.1 Å². The van der Waals surface area contributed by atoms with E-state index < -0.39 is 0 Å². The van der Waals surface area contributed by atoms with Crippen molar-refractivity contribution >= 4 is 11.7 Å². The van der Waals surface area contributed by atoms with Gasteiger partial charge in [0, 0.05) is 36.8 Å². The third-order valence-electron chi connectivity index (χ3n) is 6.37. The number of amides is 1. The summed E-state index contributed by atoms with van der Waals surface area (Å²) in [6, 6.07) is 13.7. The fourth-order valence-corrected chi connectivity index (χ4v) is 4.58. The van der Waals surface area contributed by atoms with Crippen LogP contribution in [0.2, 0.25) is 0 Å². The van der Waals surface area contributed by atoms with Gasteiger partial charge in [-0.25, -0.2) is 4.98 Å². The number of para-hydroxylation sites is 1. The number of pyridine rings is 1. The molecule has 3 aromatic rings. The zero-order chi connectivity index (χ0) is 24.4. The van der Waals surface area contributed by atoms with Crippen LogP contribution in [0.5, 0.6) is 5.75 Å². The maximum absolute atomic E-state index is 13.0. The molecule has 0 aliphatic carbocycles. The van der Waals surface area contributed by atoms with Crippen molar-refractivity contribution in [2.45, 2.75) is 39.7 Å². The number of hydrogen-bond donors (Lipinski definition) is 0. The van der Waals surface area contributed by atoms with E-state index in [0.717, 1.165) is 22.6 Å². The molecule has 2 aromatic heterocycles. The average Bonchev–Trinajstić information content (AvgIpc) is 3.28. The second kappa shape index (κ2) is 9.60. The SMILES string of the molecule is COc1ccccc1-c1cc(C#N)c(N2CCN(C(=O)c3ccoc3C)[C@H](C)C2)nc1C(C)C. The molecule has 3 heterocycles. The van der Waals surface area contributed by atoms with Gasteiger partial charge in [-0.3, -0.25) is 4.79 Å². The summed E-state index contributed by atoms with van der Waals surface area (Å²) in [5.41, 5.74) is 3.86. The first-order valence-corrected chi connectivity index (χ1v) is 11.5. The van der Waals surface area contributed by atoms with Crippen LogP contribution in [0.25, 0.3) is 11.1 Å². The maximum Gasteiger partial charge on any atom is 0.257 e. The van der Waals surface area contributed by atoms with E-state index in [1.165, 1.54) is 0 Å². The number of aromatic nitrogens is 1. The molecule has 34 heavy (non-hydrogen) atoms. The highest BCUT2D eigenvalue weighted by molar-refractivity contribution is 5.95. The summed E-state index contributed by atoms with van der Waals surface area (Å²) in [6.07, 6.45) is 1.54. The number of ether oxygens (including phenoxy) is 1. The van der Waals surface area contributed by atoms with Crippen LogP contribution >= 0.6 is 0 Å². The highest BCUT2D eigenvalue weighted by atomic mass is 16.5. The van der Waals surface area contributed by atoms with Gasteiger partial charge in [0.05, 0.1) is 30.2 Å². The molecule has 4 rings (SSSR count). The Balaban J connectivity index is 1.68. The first kappa shape index (κ1) is 23.4. The lowest BCUT2D eigenvalue weighted by atomic mass is 9.95. The molecule has 0 spiro atoms. The molecule has 0 radical (unpaired) electrons. The van der Waals surface area contributed by atoms with E-state index in [0.29, 0.717) is 42.3 Å². The van der Waals surface area contributed by atoms with Gasteiger partial charge in [-0.1, -0.05) is 32.0 Å². The normalized spacial score (nSPS) is 16.0. The Bertz CT molecular complexity index is 1240. The molecular weight excluding hydrogens is 428 g/mol. The number of anilines is 1. The lowest BCUT2D eigenvalue weighted by Crippen LogP contribution is -2.54. The fraction of sp³-hybridized carbons (Fsp3) is 0.370. The second-order valence-electron chi connectivity index (χ2n) is 8.94. The molecular formula is C27H30N4O3. The van der Waals surface area contributed by atoms with Gasteiger partial charge in [0.1, 0.15) is 23.4 Å². The molecule has 1 aromatic carbocycles. The van der Waals surface area contributed by atoms with E-state index in [4.69, 9.17) is 14.1 Å². The second-order valence-corrected chi connectivity index (χ2v) is 8.94. The molecule has 1 aliphatic heterocycles. The summed E-state index contributed by atoms with van der Waals surface area (Å²) in [5.74, 6) is 2.17. The molecule has 1 amide bonds. The van der Waals surface area contributed by atoms with E-state index in [-0.39, 0.29) is 17.9 Å². The maximum atomic E-state index is 13.0. The first-order chi connectivity index (χ1) is 16.3. The quantitative estimate of drug-likeness (QED) is 0.535. The van der Waals surface area contributed by atoms with E-state index in [1.54, 1.807) is 26.4 Å². The highest BCUT2D eigenvalue weighted by Gasteiger charge is 2.31. The Hall–Kier alpha value is -3.79. The summed E-state index contributed by atoms with van der Waals surface area (Å²) in [7, 11) is 1.65. The Kier molecular flexibility index (Phi) is 6.60. The molecule has 1 saturated heterocycles. The number of carbonyl (C=O) groups is 1. The number of carbonyl (C=O) groups excluding carboxylic acids is 1. The van der Waals surface area contributed by atoms with Crippen LogP contribution in [-0.4, -0.2) is 48.6 Å². The first-order valence-electron chi connectivity index (χ1n) is 11.5. The van der Waals surface area contributed by atoms with Crippen molar-refractivity contribution in [3.63, 3.8) is 0 Å². The number of nitrogens with zero attached hydrogens (tertiary/aromatic N) is 4. The highest BCUT2D eigenvalue weighted by Crippen LogP contribution is 2.37. The molecule has 7 nitrogen and oxygen atoms in total. The third kappa shape index (κ3) is 4.24. The van der Waals surface area contributed by atoms with Crippen molar-refractivity contribution in [3.8, 4) is 22.9 Å². The van der Waals surface area contributed by atoms with Gasteiger partial charge in [0.2, 0.25) is 0 Å². The topological polar surface area (TPSA) is 82.6 Å². The van der Waals surface area contributed by atoms with E-state index in [1.807, 2.05) is 42.2 Å². The number of furan rings is 1. The van der Waals surface area contributed by atoms with Gasteiger partial charge >= 0.3 is 0 Å². The number of rotatable bonds is 5. The van der Waals surface area contributed by atoms with Crippen LogP contribution in [-0.2, 0) is 0 Å². The van der Waals surface area contributed by atoms with Gasteiger partial charge in [0.15, 0.2) is 0 Å². The summed E-state index contributed by atoms with van der Waals surface area (Å²) in [6.45, 7) is 9.76. The molecule has 1 fully saturated rings. The number of hydrogen-bond acceptors (Lipinski definition) is 6. The lowest BCUT2D eigenvalue weighted by molar-refractivity contribution is 0.0672. The molecule has 1 atom stereocenters. The minimum Gasteiger partial charge on any atom is -0.496 e.